The Labute approximate surface area is 134 Å². The maximum Gasteiger partial charge on any atom is 0.269 e. The first-order valence-corrected chi connectivity index (χ1v) is 7.40. The fourth-order valence-electron chi connectivity index (χ4n) is 2.40. The maximum atomic E-state index is 12.0. The molecule has 1 N–H and O–H groups in total. The number of ether oxygens (including phenoxy) is 1. The van der Waals surface area contributed by atoms with Gasteiger partial charge >= 0.3 is 0 Å². The number of aromatic nitrogens is 1. The van der Waals surface area contributed by atoms with E-state index in [4.69, 9.17) is 4.74 Å². The van der Waals surface area contributed by atoms with Crippen molar-refractivity contribution in [2.45, 2.75) is 6.10 Å². The summed E-state index contributed by atoms with van der Waals surface area (Å²) in [5.74, 6) is -0.333. The highest BCUT2D eigenvalue weighted by atomic mass is 16.5. The van der Waals surface area contributed by atoms with Crippen LogP contribution >= 0.6 is 0 Å². The lowest BCUT2D eigenvalue weighted by Crippen LogP contribution is -2.50. The molecule has 23 heavy (non-hydrogen) atoms. The van der Waals surface area contributed by atoms with Gasteiger partial charge in [-0.2, -0.15) is 0 Å². The number of amides is 2. The molecular weight excluding hydrogens is 294 g/mol. The minimum atomic E-state index is -0.252. The molecule has 0 aliphatic carbocycles. The number of morpholine rings is 1. The zero-order valence-electron chi connectivity index (χ0n) is 12.5. The molecule has 1 unspecified atom stereocenters. The first kappa shape index (κ1) is 15.2. The van der Waals surface area contributed by atoms with E-state index in [2.05, 4.69) is 10.3 Å². The van der Waals surface area contributed by atoms with Crippen LogP contribution in [0.4, 0.5) is 5.69 Å². The smallest absolute Gasteiger partial charge is 0.269 e. The van der Waals surface area contributed by atoms with Gasteiger partial charge in [0, 0.05) is 18.4 Å². The summed E-state index contributed by atoms with van der Waals surface area (Å²) in [4.78, 5) is 29.7. The van der Waals surface area contributed by atoms with Gasteiger partial charge in [0.25, 0.3) is 11.8 Å². The van der Waals surface area contributed by atoms with Crippen LogP contribution in [0.1, 0.15) is 10.5 Å². The first-order chi connectivity index (χ1) is 11.2. The Balaban J connectivity index is 1.59. The van der Waals surface area contributed by atoms with Gasteiger partial charge in [0.15, 0.2) is 0 Å². The molecule has 0 radical (unpaired) electrons. The number of pyridine rings is 1. The summed E-state index contributed by atoms with van der Waals surface area (Å²) in [7, 11) is 0. The summed E-state index contributed by atoms with van der Waals surface area (Å²) >= 11 is 0. The molecular formula is C17H17N3O3. The van der Waals surface area contributed by atoms with Crippen molar-refractivity contribution in [3.8, 4) is 0 Å². The standard InChI is InChI=1S/C17H17N3O3/c21-16-12-23-14(11-20(16)13-6-2-1-3-7-13)10-19-17(22)15-8-4-5-9-18-15/h1-9,14H,10-12H2,(H,19,22). The van der Waals surface area contributed by atoms with Gasteiger partial charge in [0.1, 0.15) is 12.3 Å². The van der Waals surface area contributed by atoms with Crippen molar-refractivity contribution < 1.29 is 14.3 Å². The van der Waals surface area contributed by atoms with Gasteiger partial charge < -0.3 is 15.0 Å². The number of carbonyl (C=O) groups is 2. The minimum Gasteiger partial charge on any atom is -0.365 e. The van der Waals surface area contributed by atoms with Crippen LogP contribution in [0.15, 0.2) is 54.7 Å². The van der Waals surface area contributed by atoms with E-state index in [0.29, 0.717) is 18.8 Å². The number of anilines is 1. The number of rotatable bonds is 4. The second kappa shape index (κ2) is 7.02. The quantitative estimate of drug-likeness (QED) is 0.922. The second-order valence-corrected chi connectivity index (χ2v) is 5.20. The molecule has 2 heterocycles. The molecule has 6 heteroatoms. The Morgan fingerprint density at radius 3 is 2.74 bits per heavy atom. The maximum absolute atomic E-state index is 12.0. The van der Waals surface area contributed by atoms with Crippen molar-refractivity contribution in [2.75, 3.05) is 24.6 Å². The lowest BCUT2D eigenvalue weighted by Gasteiger charge is -2.32. The molecule has 0 saturated carbocycles. The van der Waals surface area contributed by atoms with E-state index < -0.39 is 0 Å². The molecule has 1 aliphatic heterocycles. The van der Waals surface area contributed by atoms with Crippen LogP contribution in [0.25, 0.3) is 0 Å². The van der Waals surface area contributed by atoms with Crippen molar-refractivity contribution in [2.24, 2.45) is 0 Å². The van der Waals surface area contributed by atoms with Crippen molar-refractivity contribution in [1.82, 2.24) is 10.3 Å². The van der Waals surface area contributed by atoms with Crippen LogP contribution in [0.3, 0.4) is 0 Å². The topological polar surface area (TPSA) is 71.5 Å². The summed E-state index contributed by atoms with van der Waals surface area (Å²) in [6.07, 6.45) is 1.32. The van der Waals surface area contributed by atoms with Gasteiger partial charge in [-0.15, -0.1) is 0 Å². The number of hydrogen-bond acceptors (Lipinski definition) is 4. The Morgan fingerprint density at radius 1 is 1.22 bits per heavy atom. The lowest BCUT2D eigenvalue weighted by molar-refractivity contribution is -0.129. The van der Waals surface area contributed by atoms with Gasteiger partial charge in [-0.3, -0.25) is 14.6 Å². The molecule has 1 fully saturated rings. The van der Waals surface area contributed by atoms with E-state index in [1.54, 1.807) is 29.3 Å². The van der Waals surface area contributed by atoms with E-state index in [1.165, 1.54) is 0 Å². The Hall–Kier alpha value is -2.73. The molecule has 1 aliphatic rings. The second-order valence-electron chi connectivity index (χ2n) is 5.20. The van der Waals surface area contributed by atoms with Crippen LogP contribution in [-0.2, 0) is 9.53 Å². The molecule has 2 aromatic rings. The van der Waals surface area contributed by atoms with Crippen LogP contribution < -0.4 is 10.2 Å². The van der Waals surface area contributed by atoms with Gasteiger partial charge in [-0.05, 0) is 24.3 Å². The Kier molecular flexibility index (Phi) is 4.63. The zero-order valence-corrected chi connectivity index (χ0v) is 12.5. The van der Waals surface area contributed by atoms with E-state index in [0.717, 1.165) is 5.69 Å². The number of nitrogens with zero attached hydrogens (tertiary/aromatic N) is 2. The van der Waals surface area contributed by atoms with E-state index in [9.17, 15) is 9.59 Å². The summed E-state index contributed by atoms with van der Waals surface area (Å²) in [6.45, 7) is 0.746. The highest BCUT2D eigenvalue weighted by Crippen LogP contribution is 2.17. The van der Waals surface area contributed by atoms with Crippen LogP contribution in [0.2, 0.25) is 0 Å². The zero-order chi connectivity index (χ0) is 16.1. The number of benzene rings is 1. The van der Waals surface area contributed by atoms with Gasteiger partial charge in [-0.1, -0.05) is 24.3 Å². The van der Waals surface area contributed by atoms with Crippen LogP contribution in [-0.4, -0.2) is 42.6 Å². The molecule has 0 spiro atoms. The third kappa shape index (κ3) is 3.73. The van der Waals surface area contributed by atoms with Crippen LogP contribution in [0.5, 0.6) is 0 Å². The largest absolute Gasteiger partial charge is 0.365 e. The molecule has 3 rings (SSSR count). The van der Waals surface area contributed by atoms with Crippen LogP contribution in [0, 0.1) is 0 Å². The number of para-hydroxylation sites is 1. The molecule has 1 saturated heterocycles. The SMILES string of the molecule is O=C(NCC1CN(c2ccccc2)C(=O)CO1)c1ccccn1. The normalized spacial score (nSPS) is 17.8. The van der Waals surface area contributed by atoms with Crippen molar-refractivity contribution in [1.29, 1.82) is 0 Å². The fraction of sp³-hybridized carbons (Fsp3) is 0.235. The lowest BCUT2D eigenvalue weighted by atomic mass is 10.2. The van der Waals surface area contributed by atoms with E-state index >= 15 is 0 Å². The molecule has 6 nitrogen and oxygen atoms in total. The summed E-state index contributed by atoms with van der Waals surface area (Å²) in [5, 5.41) is 2.79. The monoisotopic (exact) mass is 311 g/mol. The third-order valence-electron chi connectivity index (χ3n) is 3.59. The van der Waals surface area contributed by atoms with E-state index in [-0.39, 0.29) is 24.5 Å². The number of nitrogens with one attached hydrogen (secondary N) is 1. The summed E-state index contributed by atoms with van der Waals surface area (Å²) < 4.78 is 5.50. The Morgan fingerprint density at radius 2 is 2.00 bits per heavy atom. The van der Waals surface area contributed by atoms with Crippen molar-refractivity contribution in [3.63, 3.8) is 0 Å². The number of carbonyl (C=O) groups excluding carboxylic acids is 2. The summed E-state index contributed by atoms with van der Waals surface area (Å²) in [5.41, 5.74) is 1.20. The molecule has 1 atom stereocenters. The minimum absolute atomic E-state index is 0.0129. The number of hydrogen-bond donors (Lipinski definition) is 1. The van der Waals surface area contributed by atoms with Gasteiger partial charge in [-0.25, -0.2) is 0 Å². The predicted octanol–water partition coefficient (Wildman–Crippen LogP) is 1.24. The average molecular weight is 311 g/mol. The Bertz CT molecular complexity index is 676. The first-order valence-electron chi connectivity index (χ1n) is 7.40. The highest BCUT2D eigenvalue weighted by molar-refractivity contribution is 5.95. The highest BCUT2D eigenvalue weighted by Gasteiger charge is 2.27. The molecule has 118 valence electrons. The average Bonchev–Trinajstić information content (AvgIpc) is 2.62. The molecule has 0 bridgehead atoms. The van der Waals surface area contributed by atoms with Crippen molar-refractivity contribution in [3.05, 3.63) is 60.4 Å². The third-order valence-corrected chi connectivity index (χ3v) is 3.59. The van der Waals surface area contributed by atoms with Gasteiger partial charge in [0.05, 0.1) is 12.6 Å². The molecule has 1 aromatic heterocycles. The van der Waals surface area contributed by atoms with Crippen molar-refractivity contribution >= 4 is 17.5 Å². The van der Waals surface area contributed by atoms with Gasteiger partial charge in [0.2, 0.25) is 0 Å². The fourth-order valence-corrected chi connectivity index (χ4v) is 2.40. The molecule has 1 aromatic carbocycles. The molecule has 2 amide bonds. The van der Waals surface area contributed by atoms with E-state index in [1.807, 2.05) is 30.3 Å². The predicted molar refractivity (Wildman–Crippen MR) is 85.1 cm³/mol. The summed E-state index contributed by atoms with van der Waals surface area (Å²) in [6, 6.07) is 14.6.